The summed E-state index contributed by atoms with van der Waals surface area (Å²) < 4.78 is 0. The van der Waals surface area contributed by atoms with Crippen LogP contribution in [0.3, 0.4) is 0 Å². The van der Waals surface area contributed by atoms with Crippen molar-refractivity contribution in [2.45, 2.75) is 0 Å². The van der Waals surface area contributed by atoms with E-state index in [2.05, 4.69) is 21.7 Å². The lowest BCUT2D eigenvalue weighted by molar-refractivity contribution is -0.114. The van der Waals surface area contributed by atoms with Gasteiger partial charge >= 0.3 is 0 Å². The number of hydrogen-bond donors (Lipinski definition) is 2. The van der Waals surface area contributed by atoms with Crippen LogP contribution in [-0.4, -0.2) is 17.4 Å². The number of anilines is 2. The molecule has 0 spiro atoms. The van der Waals surface area contributed by atoms with Gasteiger partial charge in [0.2, 0.25) is 5.91 Å². The van der Waals surface area contributed by atoms with Crippen molar-refractivity contribution in [2.24, 2.45) is 0 Å². The Morgan fingerprint density at radius 2 is 2.40 bits per heavy atom. The highest BCUT2D eigenvalue weighted by Crippen LogP contribution is 2.26. The molecule has 3 rings (SSSR count). The lowest BCUT2D eigenvalue weighted by atomic mass is 10.2. The van der Waals surface area contributed by atoms with Crippen molar-refractivity contribution < 1.29 is 4.79 Å². The molecule has 2 N–H and O–H groups in total. The van der Waals surface area contributed by atoms with Crippen LogP contribution >= 0.6 is 0 Å². The number of nitrogens with one attached hydrogen (secondary N) is 2. The fourth-order valence-corrected chi connectivity index (χ4v) is 1.64. The number of carbonyl (C=O) groups is 1. The van der Waals surface area contributed by atoms with Crippen molar-refractivity contribution in [3.05, 3.63) is 30.3 Å². The highest BCUT2D eigenvalue weighted by atomic mass is 16.2. The van der Waals surface area contributed by atoms with E-state index in [1.807, 2.05) is 18.2 Å². The molecule has 0 saturated carbocycles. The third-order valence-electron chi connectivity index (χ3n) is 2.36. The second-order valence-electron chi connectivity index (χ2n) is 3.41. The van der Waals surface area contributed by atoms with Crippen LogP contribution < -0.4 is 10.6 Å². The Morgan fingerprint density at radius 3 is 3.33 bits per heavy atom. The third-order valence-corrected chi connectivity index (χ3v) is 2.36. The smallest absolute Gasteiger partial charge is 0.244 e. The van der Waals surface area contributed by atoms with E-state index in [-0.39, 0.29) is 5.91 Å². The summed E-state index contributed by atoms with van der Waals surface area (Å²) in [6.07, 6.45) is 0. The molecule has 4 heteroatoms. The minimum atomic E-state index is -0.0609. The average molecular weight is 198 g/mol. The van der Waals surface area contributed by atoms with Crippen molar-refractivity contribution >= 4 is 28.3 Å². The van der Waals surface area contributed by atoms with Gasteiger partial charge < -0.3 is 10.6 Å². The number of pyridine rings is 1. The summed E-state index contributed by atoms with van der Waals surface area (Å²) in [5.41, 5.74) is 1.70. The number of benzene rings is 1. The summed E-state index contributed by atoms with van der Waals surface area (Å²) in [5.74, 6) is 0.535. The zero-order chi connectivity index (χ0) is 10.3. The van der Waals surface area contributed by atoms with Crippen molar-refractivity contribution in [3.63, 3.8) is 0 Å². The predicted molar refractivity (Wildman–Crippen MR) is 57.7 cm³/mol. The van der Waals surface area contributed by atoms with Crippen LogP contribution in [0.15, 0.2) is 24.3 Å². The molecule has 0 unspecified atom stereocenters. The van der Waals surface area contributed by atoms with Crippen molar-refractivity contribution in [2.75, 3.05) is 17.2 Å². The molecular weight excluding hydrogens is 190 g/mol. The molecule has 0 fully saturated rings. The molecule has 1 amide bonds. The number of aromatic nitrogens is 1. The monoisotopic (exact) mass is 198 g/mol. The zero-order valence-electron chi connectivity index (χ0n) is 7.87. The number of nitrogens with zero attached hydrogens (tertiary/aromatic N) is 1. The molecule has 1 radical (unpaired) electrons. The molecule has 2 heterocycles. The SMILES string of the molecule is O=C1CNc2cc3cc[c]cc3nc2N1. The van der Waals surface area contributed by atoms with E-state index in [1.165, 1.54) is 0 Å². The first-order valence-electron chi connectivity index (χ1n) is 4.67. The van der Waals surface area contributed by atoms with Crippen molar-refractivity contribution in [3.8, 4) is 0 Å². The lowest BCUT2D eigenvalue weighted by Gasteiger charge is -2.17. The summed E-state index contributed by atoms with van der Waals surface area (Å²) in [6, 6.07) is 10.5. The van der Waals surface area contributed by atoms with Gasteiger partial charge in [0.05, 0.1) is 17.7 Å². The molecule has 2 aromatic rings. The standard InChI is InChI=1S/C11H8N3O/c15-10-6-12-9-5-7-3-1-2-4-8(7)13-11(9)14-10/h1,3-5,12H,6H2,(H,13,14,15). The van der Waals surface area contributed by atoms with Crippen molar-refractivity contribution in [1.29, 1.82) is 0 Å². The van der Waals surface area contributed by atoms with Gasteiger partial charge in [-0.1, -0.05) is 12.1 Å². The average Bonchev–Trinajstić information content (AvgIpc) is 2.26. The predicted octanol–water partition coefficient (Wildman–Crippen LogP) is 1.40. The van der Waals surface area contributed by atoms with Crippen LogP contribution in [0.5, 0.6) is 0 Å². The Hall–Kier alpha value is -2.10. The van der Waals surface area contributed by atoms with Gasteiger partial charge in [0.25, 0.3) is 0 Å². The Labute approximate surface area is 86.3 Å². The van der Waals surface area contributed by atoms with E-state index in [4.69, 9.17) is 0 Å². The minimum Gasteiger partial charge on any atom is -0.373 e. The van der Waals surface area contributed by atoms with Crippen LogP contribution in [0.2, 0.25) is 0 Å². The van der Waals surface area contributed by atoms with Crippen LogP contribution in [0.4, 0.5) is 11.5 Å². The van der Waals surface area contributed by atoms with Crippen LogP contribution in [0, 0.1) is 6.07 Å². The first-order valence-corrected chi connectivity index (χ1v) is 4.67. The Balaban J connectivity index is 2.24. The molecule has 1 aliphatic heterocycles. The largest absolute Gasteiger partial charge is 0.373 e. The van der Waals surface area contributed by atoms with E-state index >= 15 is 0 Å². The quantitative estimate of drug-likeness (QED) is 0.672. The Bertz CT molecular complexity index is 551. The second-order valence-corrected chi connectivity index (χ2v) is 3.41. The van der Waals surface area contributed by atoms with Gasteiger partial charge in [-0.15, -0.1) is 0 Å². The molecule has 0 saturated heterocycles. The minimum absolute atomic E-state index is 0.0609. The summed E-state index contributed by atoms with van der Waals surface area (Å²) in [4.78, 5) is 15.5. The summed E-state index contributed by atoms with van der Waals surface area (Å²) in [6.45, 7) is 0.305. The molecule has 1 aromatic carbocycles. The topological polar surface area (TPSA) is 54.0 Å². The van der Waals surface area contributed by atoms with E-state index in [9.17, 15) is 4.79 Å². The molecule has 1 aliphatic rings. The first-order chi connectivity index (χ1) is 7.33. The van der Waals surface area contributed by atoms with E-state index < -0.39 is 0 Å². The maximum atomic E-state index is 11.1. The molecule has 0 atom stereocenters. The summed E-state index contributed by atoms with van der Waals surface area (Å²) >= 11 is 0. The number of rotatable bonds is 0. The van der Waals surface area contributed by atoms with Gasteiger partial charge in [-0.3, -0.25) is 4.79 Å². The molecule has 0 aliphatic carbocycles. The maximum absolute atomic E-state index is 11.1. The van der Waals surface area contributed by atoms with Gasteiger partial charge in [0, 0.05) is 5.39 Å². The molecular formula is C11H8N3O. The molecule has 0 bridgehead atoms. The van der Waals surface area contributed by atoms with Gasteiger partial charge in [0.15, 0.2) is 5.82 Å². The second kappa shape index (κ2) is 2.95. The number of hydrogen-bond acceptors (Lipinski definition) is 3. The van der Waals surface area contributed by atoms with E-state index in [0.717, 1.165) is 16.6 Å². The maximum Gasteiger partial charge on any atom is 0.244 e. The van der Waals surface area contributed by atoms with Crippen molar-refractivity contribution in [1.82, 2.24) is 4.98 Å². The highest BCUT2D eigenvalue weighted by Gasteiger charge is 2.15. The number of fused-ring (bicyclic) bond motifs is 2. The molecule has 4 nitrogen and oxygen atoms in total. The fourth-order valence-electron chi connectivity index (χ4n) is 1.64. The van der Waals surface area contributed by atoms with Crippen LogP contribution in [0.25, 0.3) is 10.9 Å². The highest BCUT2D eigenvalue weighted by molar-refractivity contribution is 6.01. The zero-order valence-corrected chi connectivity index (χ0v) is 7.87. The number of amides is 1. The van der Waals surface area contributed by atoms with Gasteiger partial charge in [-0.05, 0) is 18.2 Å². The summed E-state index contributed by atoms with van der Waals surface area (Å²) in [7, 11) is 0. The van der Waals surface area contributed by atoms with Gasteiger partial charge in [-0.25, -0.2) is 4.98 Å². The molecule has 1 aromatic heterocycles. The van der Waals surface area contributed by atoms with Crippen LogP contribution in [0.1, 0.15) is 0 Å². The third kappa shape index (κ3) is 1.30. The lowest BCUT2D eigenvalue weighted by Crippen LogP contribution is -2.28. The normalized spacial score (nSPS) is 14.3. The fraction of sp³-hybridized carbons (Fsp3) is 0.0909. The van der Waals surface area contributed by atoms with Crippen LogP contribution in [-0.2, 0) is 4.79 Å². The Kier molecular flexibility index (Phi) is 1.62. The summed E-state index contributed by atoms with van der Waals surface area (Å²) in [5, 5.41) is 6.78. The first kappa shape index (κ1) is 8.23. The molecule has 73 valence electrons. The molecule has 15 heavy (non-hydrogen) atoms. The van der Waals surface area contributed by atoms with E-state index in [1.54, 1.807) is 6.07 Å². The van der Waals surface area contributed by atoms with Gasteiger partial charge in [0.1, 0.15) is 0 Å². The number of carbonyl (C=O) groups excluding carboxylic acids is 1. The van der Waals surface area contributed by atoms with E-state index in [0.29, 0.717) is 12.4 Å². The Morgan fingerprint density at radius 1 is 1.47 bits per heavy atom. The van der Waals surface area contributed by atoms with Gasteiger partial charge in [-0.2, -0.15) is 0 Å².